The van der Waals surface area contributed by atoms with Gasteiger partial charge < -0.3 is 10.4 Å². The molecule has 2 aromatic rings. The van der Waals surface area contributed by atoms with Gasteiger partial charge in [-0.1, -0.05) is 5.92 Å². The number of terminal acetylenes is 1. The first kappa shape index (κ1) is 13.9. The first-order chi connectivity index (χ1) is 9.26. The number of carbonyl (C=O) groups is 1. The maximum absolute atomic E-state index is 11.4. The van der Waals surface area contributed by atoms with Gasteiger partial charge in [0.25, 0.3) is 0 Å². The average molecular weight is 272 g/mol. The second-order valence-corrected chi connectivity index (χ2v) is 5.15. The molecule has 0 aromatic carbocycles. The van der Waals surface area contributed by atoms with Crippen molar-refractivity contribution in [1.82, 2.24) is 14.8 Å². The number of aromatic nitrogens is 3. The summed E-state index contributed by atoms with van der Waals surface area (Å²) in [5.74, 6) is 1.54. The zero-order chi connectivity index (χ0) is 15.1. The Balaban J connectivity index is 2.79. The molecule has 0 bridgehead atoms. The van der Waals surface area contributed by atoms with Crippen molar-refractivity contribution in [1.29, 1.82) is 0 Å². The van der Waals surface area contributed by atoms with E-state index in [0.717, 1.165) is 0 Å². The van der Waals surface area contributed by atoms with Gasteiger partial charge in [0.1, 0.15) is 5.56 Å². The number of carboxylic acids is 1. The van der Waals surface area contributed by atoms with Crippen LogP contribution in [0.4, 0.5) is 5.69 Å². The molecule has 0 amide bonds. The van der Waals surface area contributed by atoms with Crippen LogP contribution in [0.3, 0.4) is 0 Å². The fourth-order valence-corrected chi connectivity index (χ4v) is 2.05. The number of rotatable bonds is 3. The van der Waals surface area contributed by atoms with Crippen molar-refractivity contribution in [3.05, 3.63) is 17.5 Å². The molecule has 0 unspecified atom stereocenters. The van der Waals surface area contributed by atoms with Gasteiger partial charge in [-0.3, -0.25) is 4.68 Å². The Labute approximate surface area is 116 Å². The Bertz CT molecular complexity index is 738. The van der Waals surface area contributed by atoms with E-state index in [0.29, 0.717) is 22.4 Å². The standard InChI is InChI=1S/C14H16N4O2/c1-6-14(3,4)16-11-9(13(19)20)7-15-12-10(11)8(2)17-18(12)5/h1,7H,2-5H3,(H,15,16)(H,19,20). The van der Waals surface area contributed by atoms with Crippen LogP contribution >= 0.6 is 0 Å². The van der Waals surface area contributed by atoms with Crippen molar-refractivity contribution < 1.29 is 9.90 Å². The van der Waals surface area contributed by atoms with Gasteiger partial charge in [0.2, 0.25) is 0 Å². The van der Waals surface area contributed by atoms with Gasteiger partial charge in [-0.15, -0.1) is 6.42 Å². The molecular formula is C14H16N4O2. The SMILES string of the molecule is C#CC(C)(C)Nc1c(C(=O)O)cnc2c1c(C)nn2C. The zero-order valence-corrected chi connectivity index (χ0v) is 11.9. The third-order valence-electron chi connectivity index (χ3n) is 3.06. The van der Waals surface area contributed by atoms with Crippen LogP contribution in [0.2, 0.25) is 0 Å². The summed E-state index contributed by atoms with van der Waals surface area (Å²) in [4.78, 5) is 15.6. The minimum atomic E-state index is -1.06. The summed E-state index contributed by atoms with van der Waals surface area (Å²) in [6, 6.07) is 0. The Morgan fingerprint density at radius 2 is 2.20 bits per heavy atom. The summed E-state index contributed by atoms with van der Waals surface area (Å²) in [5, 5.41) is 17.4. The highest BCUT2D eigenvalue weighted by molar-refractivity contribution is 6.04. The van der Waals surface area contributed by atoms with Crippen molar-refractivity contribution in [2.75, 3.05) is 5.32 Å². The van der Waals surface area contributed by atoms with Crippen LogP contribution in [0.5, 0.6) is 0 Å². The van der Waals surface area contributed by atoms with Crippen LogP contribution in [0, 0.1) is 19.3 Å². The van der Waals surface area contributed by atoms with Crippen molar-refractivity contribution in [2.45, 2.75) is 26.3 Å². The van der Waals surface area contributed by atoms with Gasteiger partial charge in [0.05, 0.1) is 22.3 Å². The molecule has 104 valence electrons. The van der Waals surface area contributed by atoms with Crippen LogP contribution in [0.25, 0.3) is 11.0 Å². The molecule has 0 radical (unpaired) electrons. The van der Waals surface area contributed by atoms with E-state index in [9.17, 15) is 9.90 Å². The number of aromatic carboxylic acids is 1. The third-order valence-corrected chi connectivity index (χ3v) is 3.06. The Kier molecular flexibility index (Phi) is 3.14. The molecule has 2 N–H and O–H groups in total. The summed E-state index contributed by atoms with van der Waals surface area (Å²) >= 11 is 0. The number of nitrogens with one attached hydrogen (secondary N) is 1. The molecule has 0 aliphatic carbocycles. The largest absolute Gasteiger partial charge is 0.478 e. The molecule has 20 heavy (non-hydrogen) atoms. The van der Waals surface area contributed by atoms with Crippen LogP contribution in [0.1, 0.15) is 29.9 Å². The number of carboxylic acid groups (broad SMARTS) is 1. The summed E-state index contributed by atoms with van der Waals surface area (Å²) in [7, 11) is 1.76. The summed E-state index contributed by atoms with van der Waals surface area (Å²) < 4.78 is 1.62. The molecule has 0 aliphatic heterocycles. The number of hydrogen-bond acceptors (Lipinski definition) is 4. The van der Waals surface area contributed by atoms with Crippen LogP contribution in [-0.4, -0.2) is 31.4 Å². The Morgan fingerprint density at radius 1 is 1.55 bits per heavy atom. The van der Waals surface area contributed by atoms with E-state index in [1.165, 1.54) is 6.20 Å². The zero-order valence-electron chi connectivity index (χ0n) is 11.9. The minimum Gasteiger partial charge on any atom is -0.478 e. The van der Waals surface area contributed by atoms with E-state index in [2.05, 4.69) is 21.3 Å². The lowest BCUT2D eigenvalue weighted by atomic mass is 10.0. The lowest BCUT2D eigenvalue weighted by Crippen LogP contribution is -2.29. The predicted molar refractivity (Wildman–Crippen MR) is 76.7 cm³/mol. The molecule has 0 spiro atoms. The first-order valence-electron chi connectivity index (χ1n) is 6.08. The molecule has 0 saturated heterocycles. The van der Waals surface area contributed by atoms with Crippen LogP contribution < -0.4 is 5.32 Å². The summed E-state index contributed by atoms with van der Waals surface area (Å²) in [6.45, 7) is 5.41. The van der Waals surface area contributed by atoms with Gasteiger partial charge in [-0.2, -0.15) is 5.10 Å². The van der Waals surface area contributed by atoms with Crippen molar-refractivity contribution >= 4 is 22.7 Å². The number of fused-ring (bicyclic) bond motifs is 1. The van der Waals surface area contributed by atoms with E-state index in [1.807, 2.05) is 6.92 Å². The fourth-order valence-electron chi connectivity index (χ4n) is 2.05. The molecule has 0 saturated carbocycles. The second kappa shape index (κ2) is 4.53. The van der Waals surface area contributed by atoms with Gasteiger partial charge in [-0.05, 0) is 20.8 Å². The third kappa shape index (κ3) is 2.18. The highest BCUT2D eigenvalue weighted by Crippen LogP contribution is 2.30. The van der Waals surface area contributed by atoms with E-state index in [-0.39, 0.29) is 5.56 Å². The van der Waals surface area contributed by atoms with Crippen LogP contribution in [0.15, 0.2) is 6.20 Å². The Morgan fingerprint density at radius 3 is 2.75 bits per heavy atom. The van der Waals surface area contributed by atoms with Gasteiger partial charge in [0.15, 0.2) is 5.65 Å². The highest BCUT2D eigenvalue weighted by atomic mass is 16.4. The predicted octanol–water partition coefficient (Wildman–Crippen LogP) is 1.80. The first-order valence-corrected chi connectivity index (χ1v) is 6.08. The molecule has 2 rings (SSSR count). The van der Waals surface area contributed by atoms with Crippen molar-refractivity contribution in [2.24, 2.45) is 7.05 Å². The maximum Gasteiger partial charge on any atom is 0.339 e. The fraction of sp³-hybridized carbons (Fsp3) is 0.357. The number of hydrogen-bond donors (Lipinski definition) is 2. The summed E-state index contributed by atoms with van der Waals surface area (Å²) in [5.41, 5.74) is 1.17. The van der Waals surface area contributed by atoms with E-state index in [4.69, 9.17) is 6.42 Å². The molecule has 2 aromatic heterocycles. The van der Waals surface area contributed by atoms with Gasteiger partial charge in [0, 0.05) is 13.2 Å². The number of aryl methyl sites for hydroxylation is 2. The van der Waals surface area contributed by atoms with E-state index < -0.39 is 11.5 Å². The quantitative estimate of drug-likeness (QED) is 0.833. The topological polar surface area (TPSA) is 80.0 Å². The van der Waals surface area contributed by atoms with E-state index in [1.54, 1.807) is 25.6 Å². The molecule has 2 heterocycles. The second-order valence-electron chi connectivity index (χ2n) is 5.15. The molecule has 0 atom stereocenters. The molecule has 6 heteroatoms. The normalized spacial score (nSPS) is 11.3. The smallest absolute Gasteiger partial charge is 0.339 e. The van der Waals surface area contributed by atoms with Crippen molar-refractivity contribution in [3.63, 3.8) is 0 Å². The molecule has 6 nitrogen and oxygen atoms in total. The Hall–Kier alpha value is -2.55. The molecule has 0 fully saturated rings. The van der Waals surface area contributed by atoms with Crippen molar-refractivity contribution in [3.8, 4) is 12.3 Å². The minimum absolute atomic E-state index is 0.0805. The molecule has 0 aliphatic rings. The number of pyridine rings is 1. The monoisotopic (exact) mass is 272 g/mol. The average Bonchev–Trinajstić information content (AvgIpc) is 2.65. The van der Waals surface area contributed by atoms with E-state index >= 15 is 0 Å². The summed E-state index contributed by atoms with van der Waals surface area (Å²) in [6.07, 6.45) is 6.79. The van der Waals surface area contributed by atoms with Gasteiger partial charge in [-0.25, -0.2) is 9.78 Å². The number of nitrogens with zero attached hydrogens (tertiary/aromatic N) is 3. The maximum atomic E-state index is 11.4. The lowest BCUT2D eigenvalue weighted by Gasteiger charge is -2.23. The van der Waals surface area contributed by atoms with Gasteiger partial charge >= 0.3 is 5.97 Å². The highest BCUT2D eigenvalue weighted by Gasteiger charge is 2.23. The number of anilines is 1. The molecular weight excluding hydrogens is 256 g/mol. The lowest BCUT2D eigenvalue weighted by molar-refractivity contribution is 0.0697. The van der Waals surface area contributed by atoms with Crippen LogP contribution in [-0.2, 0) is 7.05 Å².